The van der Waals surface area contributed by atoms with Crippen molar-refractivity contribution in [3.63, 3.8) is 0 Å². The van der Waals surface area contributed by atoms with Gasteiger partial charge in [0.05, 0.1) is 30.6 Å². The van der Waals surface area contributed by atoms with Crippen LogP contribution in [0, 0.1) is 5.92 Å². The Morgan fingerprint density at radius 1 is 1.08 bits per heavy atom. The summed E-state index contributed by atoms with van der Waals surface area (Å²) in [6.07, 6.45) is 1.26. The first kappa shape index (κ1) is 25.6. The number of para-hydroxylation sites is 2. The molecule has 0 aliphatic carbocycles. The Hall–Kier alpha value is -3.67. The summed E-state index contributed by atoms with van der Waals surface area (Å²) in [6.45, 7) is 7.58. The van der Waals surface area contributed by atoms with Gasteiger partial charge in [-0.25, -0.2) is 18.7 Å². The molecule has 2 saturated heterocycles. The van der Waals surface area contributed by atoms with Crippen LogP contribution in [-0.4, -0.2) is 79.3 Å². The number of amides is 1. The first-order valence-electron chi connectivity index (χ1n) is 13.6. The zero-order valence-corrected chi connectivity index (χ0v) is 22.1. The molecule has 1 aromatic carbocycles. The maximum atomic E-state index is 14.3. The third kappa shape index (κ3) is 4.60. The van der Waals surface area contributed by atoms with Crippen molar-refractivity contribution in [3.8, 4) is 5.82 Å². The number of carbonyl (C=O) groups is 1. The molecule has 5 heterocycles. The van der Waals surface area contributed by atoms with Gasteiger partial charge in [-0.15, -0.1) is 0 Å². The second-order valence-electron chi connectivity index (χ2n) is 10.2. The van der Waals surface area contributed by atoms with Crippen LogP contribution < -0.4 is 4.90 Å². The summed E-state index contributed by atoms with van der Waals surface area (Å²) in [5.74, 6) is 0.558. The predicted octanol–water partition coefficient (Wildman–Crippen LogP) is 4.15. The number of piperidine rings is 1. The molecule has 0 saturated carbocycles. The van der Waals surface area contributed by atoms with Crippen LogP contribution in [0.15, 0.2) is 30.6 Å². The Labute approximate surface area is 224 Å². The fraction of sp³-hybridized carbons (Fsp3) is 0.519. The van der Waals surface area contributed by atoms with E-state index in [2.05, 4.69) is 9.97 Å². The number of hydrogen-bond acceptors (Lipinski definition) is 7. The molecule has 0 radical (unpaired) electrons. The molecule has 12 heteroatoms. The number of carbonyl (C=O) groups excluding carboxylic acids is 1. The Balaban J connectivity index is 1.45. The molecular formula is C27H32F2N8O2. The zero-order valence-electron chi connectivity index (χ0n) is 22.1. The summed E-state index contributed by atoms with van der Waals surface area (Å²) in [5, 5.41) is 0. The Bertz CT molecular complexity index is 1490. The maximum absolute atomic E-state index is 14.3. The number of ether oxygens (including phenoxy) is 1. The normalized spacial score (nSPS) is 18.0. The van der Waals surface area contributed by atoms with Crippen LogP contribution in [0.3, 0.4) is 0 Å². The van der Waals surface area contributed by atoms with Gasteiger partial charge in [0, 0.05) is 38.1 Å². The predicted molar refractivity (Wildman–Crippen MR) is 142 cm³/mol. The topological polar surface area (TPSA) is 94.2 Å². The van der Waals surface area contributed by atoms with E-state index in [9.17, 15) is 13.6 Å². The highest BCUT2D eigenvalue weighted by atomic mass is 19.3. The fourth-order valence-corrected chi connectivity index (χ4v) is 5.48. The second kappa shape index (κ2) is 10.5. The summed E-state index contributed by atoms with van der Waals surface area (Å²) >= 11 is 0. The highest BCUT2D eigenvalue weighted by Crippen LogP contribution is 2.33. The molecule has 2 fully saturated rings. The minimum atomic E-state index is -2.80. The van der Waals surface area contributed by atoms with Gasteiger partial charge >= 0.3 is 0 Å². The van der Waals surface area contributed by atoms with Crippen LogP contribution in [0.2, 0.25) is 0 Å². The second-order valence-corrected chi connectivity index (χ2v) is 10.2. The van der Waals surface area contributed by atoms with Gasteiger partial charge in [0.15, 0.2) is 22.8 Å². The number of anilines is 1. The number of benzene rings is 1. The molecule has 2 aliphatic heterocycles. The van der Waals surface area contributed by atoms with Crippen molar-refractivity contribution in [2.75, 3.05) is 44.3 Å². The monoisotopic (exact) mass is 538 g/mol. The highest BCUT2D eigenvalue weighted by Gasteiger charge is 2.30. The lowest BCUT2D eigenvalue weighted by Gasteiger charge is -2.34. The van der Waals surface area contributed by atoms with E-state index in [0.29, 0.717) is 67.5 Å². The largest absolute Gasteiger partial charge is 0.378 e. The number of likely N-dealkylation sites (tertiary alicyclic amines) is 1. The summed E-state index contributed by atoms with van der Waals surface area (Å²) < 4.78 is 37.5. The Morgan fingerprint density at radius 3 is 2.54 bits per heavy atom. The van der Waals surface area contributed by atoms with Crippen molar-refractivity contribution in [1.29, 1.82) is 0 Å². The molecule has 2 aliphatic rings. The quantitative estimate of drug-likeness (QED) is 0.364. The average molecular weight is 539 g/mol. The first-order valence-corrected chi connectivity index (χ1v) is 13.6. The number of aromatic nitrogens is 6. The molecule has 1 unspecified atom stereocenters. The molecule has 0 spiro atoms. The third-order valence-electron chi connectivity index (χ3n) is 7.88. The van der Waals surface area contributed by atoms with Crippen molar-refractivity contribution >= 4 is 34.1 Å². The smallest absolute Gasteiger partial charge is 0.296 e. The maximum Gasteiger partial charge on any atom is 0.296 e. The van der Waals surface area contributed by atoms with Gasteiger partial charge in [0.25, 0.3) is 6.43 Å². The van der Waals surface area contributed by atoms with E-state index in [1.165, 1.54) is 4.57 Å². The van der Waals surface area contributed by atoms with Gasteiger partial charge in [-0.1, -0.05) is 26.0 Å². The number of hydrogen-bond donors (Lipinski definition) is 0. The van der Waals surface area contributed by atoms with Crippen LogP contribution in [0.5, 0.6) is 0 Å². The molecule has 3 aromatic heterocycles. The summed E-state index contributed by atoms with van der Waals surface area (Å²) in [6, 6.07) is 7.12. The average Bonchev–Trinajstić information content (AvgIpc) is 3.59. The molecule has 10 nitrogen and oxygen atoms in total. The van der Waals surface area contributed by atoms with E-state index in [-0.39, 0.29) is 29.5 Å². The van der Waals surface area contributed by atoms with Crippen molar-refractivity contribution in [1.82, 2.24) is 34.0 Å². The number of alkyl halides is 2. The van der Waals surface area contributed by atoms with E-state index < -0.39 is 6.43 Å². The lowest BCUT2D eigenvalue weighted by atomic mass is 10.0. The molecule has 206 valence electrons. The molecule has 1 atom stereocenters. The van der Waals surface area contributed by atoms with Crippen molar-refractivity contribution in [3.05, 3.63) is 36.4 Å². The summed E-state index contributed by atoms with van der Waals surface area (Å²) in [7, 11) is 0. The number of fused-ring (bicyclic) bond motifs is 2. The van der Waals surface area contributed by atoms with E-state index in [0.717, 1.165) is 19.3 Å². The highest BCUT2D eigenvalue weighted by molar-refractivity contribution is 5.85. The molecule has 0 bridgehead atoms. The van der Waals surface area contributed by atoms with Gasteiger partial charge in [-0.2, -0.15) is 9.97 Å². The Kier molecular flexibility index (Phi) is 6.88. The van der Waals surface area contributed by atoms with Crippen molar-refractivity contribution < 1.29 is 18.3 Å². The molecule has 6 rings (SSSR count). The number of rotatable bonds is 6. The van der Waals surface area contributed by atoms with Crippen LogP contribution in [0.1, 0.15) is 51.4 Å². The lowest BCUT2D eigenvalue weighted by Crippen LogP contribution is -2.41. The summed E-state index contributed by atoms with van der Waals surface area (Å²) in [5.41, 5.74) is 2.03. The first-order chi connectivity index (χ1) is 19.0. The minimum absolute atomic E-state index is 0.0102. The molecule has 1 amide bonds. The molecule has 39 heavy (non-hydrogen) atoms. The zero-order chi connectivity index (χ0) is 27.1. The SMILES string of the molecule is CCC(C)C(=O)N1CCC(n2cnc3c(-n4c(C(F)F)nc5ccccc54)nc(N4CCOCC4)nc32)CC1. The Morgan fingerprint density at radius 2 is 1.82 bits per heavy atom. The van der Waals surface area contributed by atoms with Crippen LogP contribution >= 0.6 is 0 Å². The van der Waals surface area contributed by atoms with E-state index in [4.69, 9.17) is 14.7 Å². The third-order valence-corrected chi connectivity index (χ3v) is 7.88. The van der Waals surface area contributed by atoms with Crippen molar-refractivity contribution in [2.45, 2.75) is 45.6 Å². The van der Waals surface area contributed by atoms with Gasteiger partial charge < -0.3 is 19.1 Å². The number of imidazole rings is 2. The number of halogens is 2. The minimum Gasteiger partial charge on any atom is -0.378 e. The standard InChI is InChI=1S/C27H32F2N8O2/c1-3-17(2)26(38)34-10-8-18(9-11-34)36-16-30-21-23(36)32-27(35-12-14-39-15-13-35)33-24(21)37-20-7-5-4-6-19(20)31-25(37)22(28)29/h4-7,16-18,22H,3,8-15H2,1-2H3. The number of morpholine rings is 1. The van der Waals surface area contributed by atoms with Gasteiger partial charge in [-0.3, -0.25) is 9.36 Å². The molecular weight excluding hydrogens is 506 g/mol. The fourth-order valence-electron chi connectivity index (χ4n) is 5.48. The molecule has 0 N–H and O–H groups in total. The molecule has 4 aromatic rings. The lowest BCUT2D eigenvalue weighted by molar-refractivity contribution is -0.136. The van der Waals surface area contributed by atoms with E-state index in [1.807, 2.05) is 28.2 Å². The van der Waals surface area contributed by atoms with Crippen molar-refractivity contribution in [2.24, 2.45) is 5.92 Å². The summed E-state index contributed by atoms with van der Waals surface area (Å²) in [4.78, 5) is 35.3. The van der Waals surface area contributed by atoms with Crippen LogP contribution in [0.4, 0.5) is 14.7 Å². The van der Waals surface area contributed by atoms with Crippen LogP contribution in [0.25, 0.3) is 28.0 Å². The van der Waals surface area contributed by atoms with Gasteiger partial charge in [0.1, 0.15) is 0 Å². The number of nitrogens with zero attached hydrogens (tertiary/aromatic N) is 8. The van der Waals surface area contributed by atoms with E-state index in [1.54, 1.807) is 30.6 Å². The van der Waals surface area contributed by atoms with Crippen LogP contribution in [-0.2, 0) is 9.53 Å². The van der Waals surface area contributed by atoms with Gasteiger partial charge in [-0.05, 0) is 31.4 Å². The van der Waals surface area contributed by atoms with Gasteiger partial charge in [0.2, 0.25) is 11.9 Å². The van der Waals surface area contributed by atoms with E-state index >= 15 is 0 Å².